The number of hydrogen-bond donors (Lipinski definition) is 0. The Balaban J connectivity index is 1.28. The molecule has 0 amide bonds. The van der Waals surface area contributed by atoms with Crippen molar-refractivity contribution in [2.75, 3.05) is 79.0 Å². The Morgan fingerprint density at radius 2 is 0.843 bits per heavy atom. The summed E-state index contributed by atoms with van der Waals surface area (Å²) >= 11 is 0. The van der Waals surface area contributed by atoms with Gasteiger partial charge in [-0.1, -0.05) is 66.7 Å². The lowest BCUT2D eigenvalue weighted by atomic mass is 9.99. The average Bonchev–Trinajstić information content (AvgIpc) is 3.18. The molecule has 1 saturated heterocycles. The van der Waals surface area contributed by atoms with Crippen LogP contribution in [0.15, 0.2) is 103 Å². The highest BCUT2D eigenvalue weighted by Gasteiger charge is 2.15. The highest BCUT2D eigenvalue weighted by molar-refractivity contribution is 5.76. The van der Waals surface area contributed by atoms with Crippen LogP contribution in [0.5, 0.6) is 0 Å². The minimum atomic E-state index is 0.564. The van der Waals surface area contributed by atoms with Crippen LogP contribution < -0.4 is 0 Å². The van der Waals surface area contributed by atoms with Gasteiger partial charge in [0.05, 0.1) is 80.4 Å². The topological polar surface area (TPSA) is 82.1 Å². The second kappa shape index (κ2) is 18.2. The number of fused-ring (bicyclic) bond motifs is 17. The number of ether oxygens (including phenoxy) is 4. The first kappa shape index (κ1) is 35.1. The van der Waals surface area contributed by atoms with E-state index in [1.807, 2.05) is 12.1 Å². The zero-order valence-corrected chi connectivity index (χ0v) is 29.3. The molecule has 51 heavy (non-hydrogen) atoms. The van der Waals surface area contributed by atoms with Crippen molar-refractivity contribution in [1.29, 1.82) is 0 Å². The first-order chi connectivity index (χ1) is 25.3. The Morgan fingerprint density at radius 1 is 0.373 bits per heavy atom. The predicted molar refractivity (Wildman–Crippen MR) is 200 cm³/mol. The summed E-state index contributed by atoms with van der Waals surface area (Å²) in [5, 5.41) is 0. The molecule has 2 aliphatic heterocycles. The van der Waals surface area contributed by atoms with E-state index in [1.54, 1.807) is 0 Å². The van der Waals surface area contributed by atoms with E-state index in [0.29, 0.717) is 65.9 Å². The number of hydrogen-bond acceptors (Lipinski definition) is 9. The number of aromatic nitrogens is 3. The molecule has 8 bridgehead atoms. The largest absolute Gasteiger partial charge is 0.379 e. The third kappa shape index (κ3) is 10.1. The Labute approximate surface area is 301 Å². The zero-order valence-electron chi connectivity index (χ0n) is 29.3. The summed E-state index contributed by atoms with van der Waals surface area (Å²) < 4.78 is 23.9. The van der Waals surface area contributed by atoms with Crippen LogP contribution in [-0.2, 0) is 32.0 Å². The van der Waals surface area contributed by atoms with Crippen LogP contribution in [0, 0.1) is 0 Å². The van der Waals surface area contributed by atoms with Crippen LogP contribution in [0.4, 0.5) is 0 Å². The van der Waals surface area contributed by atoms with Gasteiger partial charge in [-0.25, -0.2) is 15.0 Å². The third-order valence-corrected chi connectivity index (χ3v) is 9.22. The van der Waals surface area contributed by atoms with Crippen LogP contribution in [-0.4, -0.2) is 104 Å². The maximum atomic E-state index is 6.00. The fourth-order valence-electron chi connectivity index (χ4n) is 6.48. The molecule has 2 aliphatic rings. The highest BCUT2D eigenvalue weighted by Crippen LogP contribution is 2.31. The van der Waals surface area contributed by atoms with Crippen molar-refractivity contribution < 1.29 is 18.9 Å². The van der Waals surface area contributed by atoms with Crippen molar-refractivity contribution >= 4 is 0 Å². The summed E-state index contributed by atoms with van der Waals surface area (Å²) in [6.45, 7) is 9.38. The van der Waals surface area contributed by atoms with E-state index in [4.69, 9.17) is 33.9 Å². The molecule has 0 aliphatic carbocycles. The molecule has 2 atom stereocenters. The number of rotatable bonds is 2. The van der Waals surface area contributed by atoms with E-state index in [-0.39, 0.29) is 0 Å². The van der Waals surface area contributed by atoms with Gasteiger partial charge in [0.1, 0.15) is 0 Å². The van der Waals surface area contributed by atoms with Crippen LogP contribution in [0.2, 0.25) is 0 Å². The standard InChI is InChI=1S/C42H47N5O4/c1-2-7-33(8-3-1)34-13-15-35(16-14-34)36-29-41-39-11-4-9-37(43-39)31-46-17-6-21-48-25-26-50-23-19-47(20-24-51-28-27-49-22-18-46)32-38-10-5-12-40(44-38)42(30-36)45-41/h1-5,7-16,29-30H,6,17-28,31-32H2. The fraction of sp³-hybridized carbons (Fsp3) is 0.357. The minimum absolute atomic E-state index is 0.564. The molecule has 2 aromatic carbocycles. The number of pyridine rings is 3. The van der Waals surface area contributed by atoms with E-state index in [1.165, 1.54) is 11.1 Å². The first-order valence-electron chi connectivity index (χ1n) is 18.1. The zero-order chi connectivity index (χ0) is 34.5. The SMILES string of the molecule is c1ccc(-c2ccc(-c3cc4nc(c3)-c3cccc(n3)CN3CCOCCOCCCN(CCOCCOCC3)Cc3cccc-4n3)cc2)cc1. The van der Waals surface area contributed by atoms with Crippen LogP contribution in [0.1, 0.15) is 17.8 Å². The molecule has 264 valence electrons. The number of benzene rings is 2. The lowest BCUT2D eigenvalue weighted by Gasteiger charge is -2.22. The number of nitrogens with zero attached hydrogens (tertiary/aromatic N) is 5. The molecular formula is C42H47N5O4. The summed E-state index contributed by atoms with van der Waals surface area (Å²) in [7, 11) is 0. The average molecular weight is 686 g/mol. The van der Waals surface area contributed by atoms with E-state index in [2.05, 4.69) is 101 Å². The summed E-state index contributed by atoms with van der Waals surface area (Å²) in [5.41, 5.74) is 9.80. The Kier molecular flexibility index (Phi) is 12.5. The van der Waals surface area contributed by atoms with Crippen molar-refractivity contribution in [2.24, 2.45) is 0 Å². The van der Waals surface area contributed by atoms with Crippen molar-refractivity contribution in [3.05, 3.63) is 115 Å². The molecule has 3 aromatic heterocycles. The first-order valence-corrected chi connectivity index (χ1v) is 18.1. The molecule has 7 rings (SSSR count). The van der Waals surface area contributed by atoms with Crippen molar-refractivity contribution in [1.82, 2.24) is 24.8 Å². The predicted octanol–water partition coefficient (Wildman–Crippen LogP) is 6.63. The maximum absolute atomic E-state index is 6.00. The van der Waals surface area contributed by atoms with Gasteiger partial charge in [-0.3, -0.25) is 9.80 Å². The molecule has 0 saturated carbocycles. The normalized spacial score (nSPS) is 19.8. The van der Waals surface area contributed by atoms with Gasteiger partial charge < -0.3 is 18.9 Å². The lowest BCUT2D eigenvalue weighted by molar-refractivity contribution is 0.0231. The molecule has 1 fully saturated rings. The summed E-state index contributed by atoms with van der Waals surface area (Å²) in [4.78, 5) is 20.2. The summed E-state index contributed by atoms with van der Waals surface area (Å²) in [6.07, 6.45) is 0.914. The minimum Gasteiger partial charge on any atom is -0.379 e. The second-order valence-electron chi connectivity index (χ2n) is 13.0. The summed E-state index contributed by atoms with van der Waals surface area (Å²) in [5.74, 6) is 0. The third-order valence-electron chi connectivity index (χ3n) is 9.22. The van der Waals surface area contributed by atoms with Gasteiger partial charge in [0.25, 0.3) is 0 Å². The molecule has 5 heterocycles. The van der Waals surface area contributed by atoms with Crippen LogP contribution >= 0.6 is 0 Å². The molecule has 9 nitrogen and oxygen atoms in total. The summed E-state index contributed by atoms with van der Waals surface area (Å²) in [6, 6.07) is 35.9. The molecule has 0 N–H and O–H groups in total. The molecule has 0 spiro atoms. The Bertz CT molecular complexity index is 1730. The van der Waals surface area contributed by atoms with Gasteiger partial charge in [0.15, 0.2) is 0 Å². The van der Waals surface area contributed by atoms with Gasteiger partial charge in [0, 0.05) is 45.9 Å². The monoisotopic (exact) mass is 685 g/mol. The molecule has 0 radical (unpaired) electrons. The Morgan fingerprint density at radius 3 is 1.39 bits per heavy atom. The Hall–Kier alpha value is -4.35. The van der Waals surface area contributed by atoms with E-state index in [9.17, 15) is 0 Å². The van der Waals surface area contributed by atoms with Crippen molar-refractivity contribution in [3.8, 4) is 45.0 Å². The molecule has 9 heteroatoms. The van der Waals surface area contributed by atoms with Crippen molar-refractivity contribution in [3.63, 3.8) is 0 Å². The van der Waals surface area contributed by atoms with Gasteiger partial charge in [0.2, 0.25) is 0 Å². The van der Waals surface area contributed by atoms with Gasteiger partial charge in [-0.15, -0.1) is 0 Å². The van der Waals surface area contributed by atoms with E-state index in [0.717, 1.165) is 77.9 Å². The highest BCUT2D eigenvalue weighted by atomic mass is 16.5. The van der Waals surface area contributed by atoms with Gasteiger partial charge in [-0.2, -0.15) is 0 Å². The van der Waals surface area contributed by atoms with Gasteiger partial charge >= 0.3 is 0 Å². The quantitative estimate of drug-likeness (QED) is 0.190. The lowest BCUT2D eigenvalue weighted by Crippen LogP contribution is -2.31. The second-order valence-corrected chi connectivity index (χ2v) is 13.0. The molecule has 5 aromatic rings. The van der Waals surface area contributed by atoms with E-state index < -0.39 is 0 Å². The fourth-order valence-corrected chi connectivity index (χ4v) is 6.48. The van der Waals surface area contributed by atoms with E-state index >= 15 is 0 Å². The maximum Gasteiger partial charge on any atom is 0.0900 e. The molecule has 2 unspecified atom stereocenters. The van der Waals surface area contributed by atoms with Crippen molar-refractivity contribution in [2.45, 2.75) is 19.5 Å². The molecular weight excluding hydrogens is 638 g/mol. The van der Waals surface area contributed by atoms with Crippen LogP contribution in [0.25, 0.3) is 45.0 Å². The van der Waals surface area contributed by atoms with Crippen LogP contribution in [0.3, 0.4) is 0 Å². The van der Waals surface area contributed by atoms with Gasteiger partial charge in [-0.05, 0) is 65.1 Å². The smallest absolute Gasteiger partial charge is 0.0900 e.